The van der Waals surface area contributed by atoms with Gasteiger partial charge in [0.25, 0.3) is 5.91 Å². The second-order valence-corrected chi connectivity index (χ2v) is 11.9. The summed E-state index contributed by atoms with van der Waals surface area (Å²) in [5.74, 6) is 0.0977. The lowest BCUT2D eigenvalue weighted by Crippen LogP contribution is -2.49. The van der Waals surface area contributed by atoms with Gasteiger partial charge in [-0.1, -0.05) is 18.5 Å². The molecule has 0 radical (unpaired) electrons. The van der Waals surface area contributed by atoms with Gasteiger partial charge in [-0.2, -0.15) is 13.2 Å². The number of alkyl halides is 3. The number of rotatable bonds is 7. The van der Waals surface area contributed by atoms with Crippen molar-refractivity contribution in [2.75, 3.05) is 37.7 Å². The van der Waals surface area contributed by atoms with E-state index in [1.54, 1.807) is 49.6 Å². The van der Waals surface area contributed by atoms with Crippen molar-refractivity contribution >= 4 is 41.1 Å². The highest BCUT2D eigenvalue weighted by molar-refractivity contribution is 7.99. The summed E-state index contributed by atoms with van der Waals surface area (Å²) in [4.78, 5) is 29.8. The number of carbonyl (C=O) groups is 2. The lowest BCUT2D eigenvalue weighted by molar-refractivity contribution is -0.137. The van der Waals surface area contributed by atoms with Crippen LogP contribution < -0.4 is 11.1 Å². The first kappa shape index (κ1) is 30.9. The average Bonchev–Trinajstić information content (AvgIpc) is 2.84. The van der Waals surface area contributed by atoms with E-state index in [-0.39, 0.29) is 29.9 Å². The van der Waals surface area contributed by atoms with E-state index in [9.17, 15) is 22.8 Å². The van der Waals surface area contributed by atoms with E-state index < -0.39 is 29.3 Å². The number of nitrogens with one attached hydrogen (secondary N) is 1. The van der Waals surface area contributed by atoms with Crippen molar-refractivity contribution in [3.63, 3.8) is 0 Å². The minimum atomic E-state index is -4.66. The summed E-state index contributed by atoms with van der Waals surface area (Å²) >= 11 is 7.69. The molecular formula is C27H34ClF3N4O3S. The highest BCUT2D eigenvalue weighted by atomic mass is 35.5. The van der Waals surface area contributed by atoms with Gasteiger partial charge in [0.05, 0.1) is 11.1 Å². The Morgan fingerprint density at radius 3 is 2.33 bits per heavy atom. The van der Waals surface area contributed by atoms with E-state index in [2.05, 4.69) is 5.32 Å². The molecule has 0 unspecified atom stereocenters. The molecule has 39 heavy (non-hydrogen) atoms. The zero-order valence-electron chi connectivity index (χ0n) is 22.5. The molecule has 12 heteroatoms. The number of nitrogens with two attached hydrogens (primary N) is 1. The Morgan fingerprint density at radius 2 is 1.74 bits per heavy atom. The summed E-state index contributed by atoms with van der Waals surface area (Å²) in [6.45, 7) is 9.08. The highest BCUT2D eigenvalue weighted by Gasteiger charge is 2.33. The first-order chi connectivity index (χ1) is 18.2. The fourth-order valence-corrected chi connectivity index (χ4v) is 5.09. The van der Waals surface area contributed by atoms with Gasteiger partial charge in [-0.05, 0) is 68.0 Å². The lowest BCUT2D eigenvalue weighted by Gasteiger charge is -2.35. The maximum atomic E-state index is 13.8. The van der Waals surface area contributed by atoms with Crippen LogP contribution in [0.2, 0.25) is 5.02 Å². The first-order valence-corrected chi connectivity index (χ1v) is 13.9. The predicted octanol–water partition coefficient (Wildman–Crippen LogP) is 6.04. The number of piperazine rings is 1. The Labute approximate surface area is 236 Å². The molecule has 0 spiro atoms. The molecule has 2 aromatic rings. The van der Waals surface area contributed by atoms with Gasteiger partial charge in [-0.3, -0.25) is 9.69 Å². The van der Waals surface area contributed by atoms with Gasteiger partial charge in [0.1, 0.15) is 5.60 Å². The van der Waals surface area contributed by atoms with Gasteiger partial charge < -0.3 is 20.7 Å². The molecule has 0 atom stereocenters. The number of benzene rings is 2. The minimum absolute atomic E-state index is 0.00989. The zero-order chi connectivity index (χ0) is 29.0. The quantitative estimate of drug-likeness (QED) is 0.304. The van der Waals surface area contributed by atoms with Crippen LogP contribution in [0.1, 0.15) is 54.7 Å². The van der Waals surface area contributed by atoms with Gasteiger partial charge in [-0.25, -0.2) is 4.79 Å². The number of hydrogen-bond acceptors (Lipinski definition) is 6. The zero-order valence-corrected chi connectivity index (χ0v) is 24.0. The normalized spacial score (nSPS) is 14.8. The van der Waals surface area contributed by atoms with Gasteiger partial charge in [0.15, 0.2) is 0 Å². The highest BCUT2D eigenvalue weighted by Crippen LogP contribution is 2.34. The van der Waals surface area contributed by atoms with Crippen molar-refractivity contribution in [1.82, 2.24) is 15.1 Å². The van der Waals surface area contributed by atoms with Crippen LogP contribution in [0, 0.1) is 0 Å². The number of amides is 2. The fourth-order valence-electron chi connectivity index (χ4n) is 4.10. The largest absolute Gasteiger partial charge is 0.444 e. The third kappa shape index (κ3) is 8.68. The van der Waals surface area contributed by atoms with Crippen LogP contribution in [0.3, 0.4) is 0 Å². The van der Waals surface area contributed by atoms with E-state index in [1.165, 1.54) is 0 Å². The van der Waals surface area contributed by atoms with Gasteiger partial charge >= 0.3 is 12.3 Å². The van der Waals surface area contributed by atoms with Crippen LogP contribution in [0.15, 0.2) is 35.2 Å². The maximum Gasteiger partial charge on any atom is 0.416 e. The molecule has 2 aromatic carbocycles. The number of nitrogen functional groups attached to an aromatic ring is 1. The van der Waals surface area contributed by atoms with Crippen LogP contribution in [0.25, 0.3) is 0 Å². The van der Waals surface area contributed by atoms with Crippen molar-refractivity contribution in [1.29, 1.82) is 0 Å². The molecule has 1 aliphatic rings. The summed E-state index contributed by atoms with van der Waals surface area (Å²) in [5.41, 5.74) is 5.40. The van der Waals surface area contributed by atoms with E-state index in [4.69, 9.17) is 22.1 Å². The SMILES string of the molecule is CCSc1ccc(Cl)cc1CNC(=O)c1cc(C(F)(F)F)cc(CN2CCN(C(=O)OC(C)(C)C)CC2)c1N. The Morgan fingerprint density at radius 1 is 1.08 bits per heavy atom. The summed E-state index contributed by atoms with van der Waals surface area (Å²) in [5, 5.41) is 3.19. The third-order valence-corrected chi connectivity index (χ3v) is 7.25. The van der Waals surface area contributed by atoms with Crippen molar-refractivity contribution in [2.24, 2.45) is 0 Å². The van der Waals surface area contributed by atoms with Crippen molar-refractivity contribution in [3.05, 3.63) is 57.6 Å². The number of thioether (sulfide) groups is 1. The summed E-state index contributed by atoms with van der Waals surface area (Å²) in [6, 6.07) is 7.08. The molecule has 2 amide bonds. The monoisotopic (exact) mass is 586 g/mol. The summed E-state index contributed by atoms with van der Waals surface area (Å²) < 4.78 is 46.7. The van der Waals surface area contributed by atoms with Crippen molar-refractivity contribution in [3.8, 4) is 0 Å². The molecule has 1 fully saturated rings. The molecule has 0 saturated carbocycles. The van der Waals surface area contributed by atoms with Gasteiger partial charge in [0, 0.05) is 54.9 Å². The Kier molecular flexibility index (Phi) is 10.1. The van der Waals surface area contributed by atoms with Crippen molar-refractivity contribution < 1.29 is 27.5 Å². The van der Waals surface area contributed by atoms with Crippen LogP contribution in [0.5, 0.6) is 0 Å². The molecular weight excluding hydrogens is 553 g/mol. The van der Waals surface area contributed by atoms with E-state index in [0.717, 1.165) is 28.3 Å². The topological polar surface area (TPSA) is 87.9 Å². The molecule has 0 aliphatic carbocycles. The summed E-state index contributed by atoms with van der Waals surface area (Å²) in [7, 11) is 0. The van der Waals surface area contributed by atoms with Crippen LogP contribution >= 0.6 is 23.4 Å². The molecule has 1 aliphatic heterocycles. The van der Waals surface area contributed by atoms with Gasteiger partial charge in [0.2, 0.25) is 0 Å². The smallest absolute Gasteiger partial charge is 0.416 e. The Balaban J connectivity index is 1.77. The second-order valence-electron chi connectivity index (χ2n) is 10.2. The second kappa shape index (κ2) is 12.7. The van der Waals surface area contributed by atoms with E-state index in [1.807, 2.05) is 17.9 Å². The number of nitrogens with zero attached hydrogens (tertiary/aromatic N) is 2. The molecule has 3 N–H and O–H groups in total. The molecule has 7 nitrogen and oxygen atoms in total. The maximum absolute atomic E-state index is 13.8. The van der Waals surface area contributed by atoms with Crippen LogP contribution in [0.4, 0.5) is 23.7 Å². The Hall–Kier alpha value is -2.63. The molecule has 1 saturated heterocycles. The van der Waals surface area contributed by atoms with Crippen LogP contribution in [-0.4, -0.2) is 59.3 Å². The lowest BCUT2D eigenvalue weighted by atomic mass is 10.0. The molecule has 3 rings (SSSR count). The van der Waals surface area contributed by atoms with Gasteiger partial charge in [-0.15, -0.1) is 11.8 Å². The fraction of sp³-hybridized carbons (Fsp3) is 0.481. The number of anilines is 1. The number of hydrogen-bond donors (Lipinski definition) is 2. The Bertz CT molecular complexity index is 1200. The third-order valence-electron chi connectivity index (χ3n) is 6.02. The molecule has 0 aromatic heterocycles. The first-order valence-electron chi connectivity index (χ1n) is 12.6. The minimum Gasteiger partial charge on any atom is -0.444 e. The summed E-state index contributed by atoms with van der Waals surface area (Å²) in [6.07, 6.45) is -5.09. The number of halogens is 4. The van der Waals surface area contributed by atoms with Crippen molar-refractivity contribution in [2.45, 2.75) is 57.5 Å². The van der Waals surface area contributed by atoms with E-state index in [0.29, 0.717) is 31.2 Å². The molecule has 0 bridgehead atoms. The molecule has 214 valence electrons. The number of carbonyl (C=O) groups excluding carboxylic acids is 2. The predicted molar refractivity (Wildman–Crippen MR) is 148 cm³/mol. The van der Waals surface area contributed by atoms with E-state index >= 15 is 0 Å². The standard InChI is InChI=1S/C27H34ClF3N4O3S/c1-5-39-22-7-6-20(28)13-17(22)15-33-24(36)21-14-19(27(29,30)31)12-18(23(21)32)16-34-8-10-35(11-9-34)25(37)38-26(2,3)4/h6-7,12-14H,5,8-11,15-16,32H2,1-4H3,(H,33,36). The van der Waals surface area contributed by atoms with Crippen LogP contribution in [-0.2, 0) is 24.0 Å². The molecule has 1 heterocycles. The number of ether oxygens (including phenoxy) is 1. The average molecular weight is 587 g/mol.